The van der Waals surface area contributed by atoms with E-state index in [4.69, 9.17) is 9.63 Å². The van der Waals surface area contributed by atoms with Gasteiger partial charge in [0.05, 0.1) is 5.92 Å². The third-order valence-electron chi connectivity index (χ3n) is 5.33. The number of rotatable bonds is 7. The van der Waals surface area contributed by atoms with Gasteiger partial charge in [0.1, 0.15) is 0 Å². The van der Waals surface area contributed by atoms with E-state index in [0.717, 1.165) is 29.7 Å². The smallest absolute Gasteiger partial charge is 0.306 e. The monoisotopic (exact) mass is 377 g/mol. The first-order valence-corrected chi connectivity index (χ1v) is 9.61. The first-order valence-electron chi connectivity index (χ1n) is 9.61. The standard InChI is InChI=1S/C22H23N3O3/c1-2-14-3-9-17(10-4-14)21-24-20(25-28-21)16-7-5-15(6-8-16)13-23-19-11-18(12-19)22(26)27/h3-10,18-19,23H,2,11-13H2,1H3,(H,26,27)/t18-,19+. The summed E-state index contributed by atoms with van der Waals surface area (Å²) in [4.78, 5) is 15.4. The summed E-state index contributed by atoms with van der Waals surface area (Å²) in [5.74, 6) is 0.201. The van der Waals surface area contributed by atoms with E-state index in [-0.39, 0.29) is 5.92 Å². The summed E-state index contributed by atoms with van der Waals surface area (Å²) in [7, 11) is 0. The first-order chi connectivity index (χ1) is 13.6. The van der Waals surface area contributed by atoms with E-state index >= 15 is 0 Å². The average molecular weight is 377 g/mol. The van der Waals surface area contributed by atoms with Crippen LogP contribution < -0.4 is 5.32 Å². The quantitative estimate of drug-likeness (QED) is 0.649. The number of carboxylic acids is 1. The number of carboxylic acid groups (broad SMARTS) is 1. The minimum atomic E-state index is -0.691. The summed E-state index contributed by atoms with van der Waals surface area (Å²) in [6.45, 7) is 2.84. The topological polar surface area (TPSA) is 88.2 Å². The van der Waals surface area contributed by atoms with Crippen LogP contribution in [0.15, 0.2) is 53.1 Å². The lowest BCUT2D eigenvalue weighted by Gasteiger charge is -2.33. The van der Waals surface area contributed by atoms with E-state index in [2.05, 4.69) is 34.5 Å². The van der Waals surface area contributed by atoms with E-state index in [0.29, 0.717) is 30.6 Å². The molecule has 2 N–H and O–H groups in total. The molecule has 2 aromatic carbocycles. The van der Waals surface area contributed by atoms with Crippen molar-refractivity contribution in [3.63, 3.8) is 0 Å². The van der Waals surface area contributed by atoms with Gasteiger partial charge in [-0.2, -0.15) is 4.98 Å². The van der Waals surface area contributed by atoms with Crippen LogP contribution in [0.3, 0.4) is 0 Å². The van der Waals surface area contributed by atoms with Gasteiger partial charge in [-0.1, -0.05) is 48.5 Å². The Morgan fingerprint density at radius 1 is 1.07 bits per heavy atom. The Kier molecular flexibility index (Phi) is 5.21. The van der Waals surface area contributed by atoms with E-state index < -0.39 is 5.97 Å². The minimum Gasteiger partial charge on any atom is -0.481 e. The molecular weight excluding hydrogens is 354 g/mol. The Labute approximate surface area is 163 Å². The molecular formula is C22H23N3O3. The van der Waals surface area contributed by atoms with Gasteiger partial charge in [0.25, 0.3) is 5.89 Å². The fraction of sp³-hybridized carbons (Fsp3) is 0.318. The zero-order valence-electron chi connectivity index (χ0n) is 15.8. The molecule has 0 amide bonds. The average Bonchev–Trinajstić information content (AvgIpc) is 3.17. The van der Waals surface area contributed by atoms with Gasteiger partial charge in [0.2, 0.25) is 5.82 Å². The maximum atomic E-state index is 10.8. The molecule has 0 aliphatic heterocycles. The second-order valence-electron chi connectivity index (χ2n) is 7.25. The Hall–Kier alpha value is -2.99. The molecule has 3 aromatic rings. The van der Waals surface area contributed by atoms with Crippen LogP contribution >= 0.6 is 0 Å². The van der Waals surface area contributed by atoms with Crippen molar-refractivity contribution in [2.24, 2.45) is 5.92 Å². The summed E-state index contributed by atoms with van der Waals surface area (Å²) >= 11 is 0. The second-order valence-corrected chi connectivity index (χ2v) is 7.25. The number of benzene rings is 2. The van der Waals surface area contributed by atoms with Gasteiger partial charge in [-0.15, -0.1) is 0 Å². The van der Waals surface area contributed by atoms with Crippen LogP contribution in [0.1, 0.15) is 30.9 Å². The number of aryl methyl sites for hydroxylation is 1. The highest BCUT2D eigenvalue weighted by Gasteiger charge is 2.33. The fourth-order valence-corrected chi connectivity index (χ4v) is 3.36. The van der Waals surface area contributed by atoms with Crippen molar-refractivity contribution in [1.29, 1.82) is 0 Å². The number of aromatic nitrogens is 2. The highest BCUT2D eigenvalue weighted by atomic mass is 16.5. The Bertz CT molecular complexity index is 942. The van der Waals surface area contributed by atoms with Crippen LogP contribution in [-0.4, -0.2) is 27.3 Å². The van der Waals surface area contributed by atoms with Crippen molar-refractivity contribution in [3.8, 4) is 22.8 Å². The molecule has 28 heavy (non-hydrogen) atoms. The predicted molar refractivity (Wildman–Crippen MR) is 106 cm³/mol. The van der Waals surface area contributed by atoms with Gasteiger partial charge >= 0.3 is 5.97 Å². The lowest BCUT2D eigenvalue weighted by atomic mass is 9.80. The molecule has 1 heterocycles. The van der Waals surface area contributed by atoms with Crippen molar-refractivity contribution in [2.75, 3.05) is 0 Å². The summed E-state index contributed by atoms with van der Waals surface area (Å²) in [6, 6.07) is 16.5. The van der Waals surface area contributed by atoms with Crippen LogP contribution in [0.2, 0.25) is 0 Å². The SMILES string of the molecule is CCc1ccc(-c2nc(-c3ccc(CN[C@H]4C[C@@H](C(=O)O)C4)cc3)no2)cc1. The van der Waals surface area contributed by atoms with Crippen molar-refractivity contribution in [3.05, 3.63) is 59.7 Å². The number of carbonyl (C=O) groups is 1. The maximum absolute atomic E-state index is 10.8. The molecule has 1 aliphatic carbocycles. The van der Waals surface area contributed by atoms with Gasteiger partial charge < -0.3 is 14.9 Å². The van der Waals surface area contributed by atoms with E-state index in [1.54, 1.807) is 0 Å². The second kappa shape index (κ2) is 7.94. The Balaban J connectivity index is 1.36. The summed E-state index contributed by atoms with van der Waals surface area (Å²) < 4.78 is 5.42. The van der Waals surface area contributed by atoms with Crippen molar-refractivity contribution in [1.82, 2.24) is 15.5 Å². The van der Waals surface area contributed by atoms with Crippen molar-refractivity contribution in [2.45, 2.75) is 38.8 Å². The van der Waals surface area contributed by atoms with E-state index in [1.807, 2.05) is 36.4 Å². The van der Waals surface area contributed by atoms with E-state index in [1.165, 1.54) is 5.56 Å². The molecule has 1 saturated carbocycles. The third-order valence-corrected chi connectivity index (χ3v) is 5.33. The van der Waals surface area contributed by atoms with Gasteiger partial charge in [-0.25, -0.2) is 0 Å². The molecule has 0 atom stereocenters. The molecule has 4 rings (SSSR count). The van der Waals surface area contributed by atoms with Crippen molar-refractivity contribution < 1.29 is 14.4 Å². The highest BCUT2D eigenvalue weighted by molar-refractivity contribution is 5.71. The number of nitrogens with zero attached hydrogens (tertiary/aromatic N) is 2. The fourth-order valence-electron chi connectivity index (χ4n) is 3.36. The zero-order valence-corrected chi connectivity index (χ0v) is 15.8. The summed E-state index contributed by atoms with van der Waals surface area (Å²) in [6.07, 6.45) is 2.41. The Morgan fingerprint density at radius 3 is 2.36 bits per heavy atom. The maximum Gasteiger partial charge on any atom is 0.306 e. The molecule has 1 fully saturated rings. The molecule has 0 spiro atoms. The summed E-state index contributed by atoms with van der Waals surface area (Å²) in [5.41, 5.74) is 4.23. The third kappa shape index (κ3) is 3.97. The number of hydrogen-bond donors (Lipinski definition) is 2. The van der Waals surface area contributed by atoms with Gasteiger partial charge in [0, 0.05) is 23.7 Å². The molecule has 0 unspecified atom stereocenters. The van der Waals surface area contributed by atoms with Crippen LogP contribution in [-0.2, 0) is 17.8 Å². The van der Waals surface area contributed by atoms with Crippen molar-refractivity contribution >= 4 is 5.97 Å². The lowest BCUT2D eigenvalue weighted by molar-refractivity contribution is -0.145. The molecule has 144 valence electrons. The normalized spacial score (nSPS) is 18.6. The largest absolute Gasteiger partial charge is 0.481 e. The van der Waals surface area contributed by atoms with E-state index in [9.17, 15) is 4.79 Å². The molecule has 1 aliphatic rings. The molecule has 0 radical (unpaired) electrons. The van der Waals surface area contributed by atoms with Gasteiger partial charge in [-0.05, 0) is 42.5 Å². The molecule has 6 heteroatoms. The highest BCUT2D eigenvalue weighted by Crippen LogP contribution is 2.28. The molecule has 0 bridgehead atoms. The predicted octanol–water partition coefficient (Wildman–Crippen LogP) is 3.92. The Morgan fingerprint density at radius 2 is 1.71 bits per heavy atom. The number of nitrogens with one attached hydrogen (secondary N) is 1. The first kappa shape index (κ1) is 18.4. The minimum absolute atomic E-state index is 0.189. The summed E-state index contributed by atoms with van der Waals surface area (Å²) in [5, 5.41) is 16.4. The van der Waals surface area contributed by atoms with Crippen LogP contribution in [0, 0.1) is 5.92 Å². The van der Waals surface area contributed by atoms with Crippen LogP contribution in [0.25, 0.3) is 22.8 Å². The van der Waals surface area contributed by atoms with Gasteiger partial charge in [-0.3, -0.25) is 4.79 Å². The molecule has 1 aromatic heterocycles. The number of aliphatic carboxylic acids is 1. The lowest BCUT2D eigenvalue weighted by Crippen LogP contribution is -2.43. The zero-order chi connectivity index (χ0) is 19.5. The molecule has 0 saturated heterocycles. The van der Waals surface area contributed by atoms with Crippen LogP contribution in [0.5, 0.6) is 0 Å². The van der Waals surface area contributed by atoms with Crippen LogP contribution in [0.4, 0.5) is 0 Å². The number of hydrogen-bond acceptors (Lipinski definition) is 5. The molecule has 6 nitrogen and oxygen atoms in total. The van der Waals surface area contributed by atoms with Gasteiger partial charge in [0.15, 0.2) is 0 Å².